The standard InChI is InChI=1S/C16H25N3O3S/c1-4-19-11-5-6-14(19)12-17-16(20)13-7-9-15(10-8-13)23(21,22)18(2)3/h7-10,14H,4-6,11-12H2,1-3H3,(H,17,20)/t14-/m0/s1. The van der Waals surface area contributed by atoms with Crippen molar-refractivity contribution < 1.29 is 13.2 Å². The molecule has 1 aliphatic rings. The van der Waals surface area contributed by atoms with Crippen molar-refractivity contribution in [3.8, 4) is 0 Å². The topological polar surface area (TPSA) is 69.7 Å². The van der Waals surface area contributed by atoms with Crippen LogP contribution >= 0.6 is 0 Å². The quantitative estimate of drug-likeness (QED) is 0.844. The van der Waals surface area contributed by atoms with Gasteiger partial charge in [-0.3, -0.25) is 9.69 Å². The SMILES string of the molecule is CCN1CCC[C@H]1CNC(=O)c1ccc(S(=O)(=O)N(C)C)cc1. The molecule has 0 aromatic heterocycles. The van der Waals surface area contributed by atoms with Crippen LogP contribution in [0, 0.1) is 0 Å². The molecule has 1 saturated heterocycles. The summed E-state index contributed by atoms with van der Waals surface area (Å²) in [5, 5.41) is 2.95. The number of sulfonamides is 1. The average molecular weight is 339 g/mol. The first-order chi connectivity index (χ1) is 10.9. The number of benzene rings is 1. The third kappa shape index (κ3) is 4.10. The van der Waals surface area contributed by atoms with Crippen LogP contribution in [0.4, 0.5) is 0 Å². The summed E-state index contributed by atoms with van der Waals surface area (Å²) in [4.78, 5) is 14.8. The summed E-state index contributed by atoms with van der Waals surface area (Å²) in [5.41, 5.74) is 0.476. The van der Waals surface area contributed by atoms with Crippen molar-refractivity contribution in [1.82, 2.24) is 14.5 Å². The maximum Gasteiger partial charge on any atom is 0.251 e. The zero-order chi connectivity index (χ0) is 17.0. The normalized spacial score (nSPS) is 19.2. The maximum absolute atomic E-state index is 12.2. The lowest BCUT2D eigenvalue weighted by Crippen LogP contribution is -2.40. The van der Waals surface area contributed by atoms with E-state index in [0.717, 1.165) is 23.8 Å². The number of nitrogens with one attached hydrogen (secondary N) is 1. The Kier molecular flexibility index (Phi) is 5.78. The fraction of sp³-hybridized carbons (Fsp3) is 0.562. The highest BCUT2D eigenvalue weighted by Crippen LogP contribution is 2.16. The highest BCUT2D eigenvalue weighted by atomic mass is 32.2. The molecule has 0 aliphatic carbocycles. The third-order valence-electron chi connectivity index (χ3n) is 4.30. The van der Waals surface area contributed by atoms with Gasteiger partial charge in [-0.1, -0.05) is 6.92 Å². The van der Waals surface area contributed by atoms with Crippen molar-refractivity contribution in [3.63, 3.8) is 0 Å². The molecule has 0 unspecified atom stereocenters. The lowest BCUT2D eigenvalue weighted by Gasteiger charge is -2.22. The summed E-state index contributed by atoms with van der Waals surface area (Å²) in [6.45, 7) is 4.85. The number of carbonyl (C=O) groups is 1. The summed E-state index contributed by atoms with van der Waals surface area (Å²) < 4.78 is 25.2. The van der Waals surface area contributed by atoms with Crippen LogP contribution in [0.1, 0.15) is 30.1 Å². The van der Waals surface area contributed by atoms with Gasteiger partial charge in [0.1, 0.15) is 0 Å². The molecule has 2 rings (SSSR count). The molecule has 0 saturated carbocycles. The number of amides is 1. The molecule has 1 fully saturated rings. The first kappa shape index (κ1) is 17.9. The lowest BCUT2D eigenvalue weighted by atomic mass is 10.2. The van der Waals surface area contributed by atoms with E-state index in [4.69, 9.17) is 0 Å². The van der Waals surface area contributed by atoms with Crippen molar-refractivity contribution in [2.75, 3.05) is 33.7 Å². The Bertz CT molecular complexity index is 641. The first-order valence-corrected chi connectivity index (χ1v) is 9.35. The van der Waals surface area contributed by atoms with Crippen LogP contribution in [0.5, 0.6) is 0 Å². The highest BCUT2D eigenvalue weighted by Gasteiger charge is 2.23. The van der Waals surface area contributed by atoms with E-state index in [9.17, 15) is 13.2 Å². The van der Waals surface area contributed by atoms with Gasteiger partial charge in [0.05, 0.1) is 4.90 Å². The van der Waals surface area contributed by atoms with E-state index in [1.54, 1.807) is 12.1 Å². The summed E-state index contributed by atoms with van der Waals surface area (Å²) in [6.07, 6.45) is 2.28. The largest absolute Gasteiger partial charge is 0.350 e. The Morgan fingerprint density at radius 1 is 1.30 bits per heavy atom. The van der Waals surface area contributed by atoms with E-state index in [2.05, 4.69) is 17.1 Å². The molecule has 1 aromatic carbocycles. The summed E-state index contributed by atoms with van der Waals surface area (Å²) >= 11 is 0. The fourth-order valence-corrected chi connectivity index (χ4v) is 3.75. The van der Waals surface area contributed by atoms with Crippen molar-refractivity contribution in [2.45, 2.75) is 30.7 Å². The van der Waals surface area contributed by atoms with Crippen LogP contribution in [0.25, 0.3) is 0 Å². The second kappa shape index (κ2) is 7.42. The molecule has 1 aliphatic heterocycles. The number of hydrogen-bond donors (Lipinski definition) is 1. The number of likely N-dealkylation sites (N-methyl/N-ethyl adjacent to an activating group) is 1. The minimum Gasteiger partial charge on any atom is -0.350 e. The monoisotopic (exact) mass is 339 g/mol. The molecule has 0 spiro atoms. The van der Waals surface area contributed by atoms with E-state index in [1.165, 1.54) is 32.6 Å². The van der Waals surface area contributed by atoms with E-state index >= 15 is 0 Å². The van der Waals surface area contributed by atoms with Gasteiger partial charge in [0.25, 0.3) is 5.91 Å². The minimum atomic E-state index is -3.46. The Morgan fingerprint density at radius 2 is 1.96 bits per heavy atom. The Labute approximate surface area is 138 Å². The summed E-state index contributed by atoms with van der Waals surface area (Å²) in [5.74, 6) is -0.165. The highest BCUT2D eigenvalue weighted by molar-refractivity contribution is 7.89. The number of hydrogen-bond acceptors (Lipinski definition) is 4. The van der Waals surface area contributed by atoms with Gasteiger partial charge in [-0.25, -0.2) is 12.7 Å². The third-order valence-corrected chi connectivity index (χ3v) is 6.13. The number of carbonyl (C=O) groups excluding carboxylic acids is 1. The van der Waals surface area contributed by atoms with E-state index in [1.807, 2.05) is 0 Å². The van der Waals surface area contributed by atoms with Gasteiger partial charge in [0, 0.05) is 32.2 Å². The van der Waals surface area contributed by atoms with Gasteiger partial charge < -0.3 is 5.32 Å². The van der Waals surface area contributed by atoms with Gasteiger partial charge in [-0.2, -0.15) is 0 Å². The van der Waals surface area contributed by atoms with Crippen molar-refractivity contribution >= 4 is 15.9 Å². The van der Waals surface area contributed by atoms with Gasteiger partial charge in [-0.15, -0.1) is 0 Å². The Morgan fingerprint density at radius 3 is 2.52 bits per heavy atom. The van der Waals surface area contributed by atoms with Crippen LogP contribution in [-0.2, 0) is 10.0 Å². The van der Waals surface area contributed by atoms with E-state index < -0.39 is 10.0 Å². The number of nitrogens with zero attached hydrogens (tertiary/aromatic N) is 2. The predicted molar refractivity (Wildman–Crippen MR) is 89.9 cm³/mol. The molecule has 7 heteroatoms. The van der Waals surface area contributed by atoms with Gasteiger partial charge in [-0.05, 0) is 50.2 Å². The van der Waals surface area contributed by atoms with Crippen LogP contribution < -0.4 is 5.32 Å². The molecule has 1 amide bonds. The Hall–Kier alpha value is -1.44. The second-order valence-corrected chi connectivity index (χ2v) is 8.10. The molecular formula is C16H25N3O3S. The Balaban J connectivity index is 1.98. The smallest absolute Gasteiger partial charge is 0.251 e. The molecule has 128 valence electrons. The van der Waals surface area contributed by atoms with Gasteiger partial charge in [0.15, 0.2) is 0 Å². The molecule has 0 radical (unpaired) electrons. The molecule has 1 N–H and O–H groups in total. The van der Waals surface area contributed by atoms with Gasteiger partial charge >= 0.3 is 0 Å². The lowest BCUT2D eigenvalue weighted by molar-refractivity contribution is 0.0941. The van der Waals surface area contributed by atoms with Crippen molar-refractivity contribution in [3.05, 3.63) is 29.8 Å². The van der Waals surface area contributed by atoms with Crippen molar-refractivity contribution in [1.29, 1.82) is 0 Å². The van der Waals surface area contributed by atoms with Gasteiger partial charge in [0.2, 0.25) is 10.0 Å². The first-order valence-electron chi connectivity index (χ1n) is 7.91. The predicted octanol–water partition coefficient (Wildman–Crippen LogP) is 1.15. The molecule has 1 aromatic rings. The van der Waals surface area contributed by atoms with E-state index in [0.29, 0.717) is 18.2 Å². The zero-order valence-electron chi connectivity index (χ0n) is 13.9. The van der Waals surface area contributed by atoms with Crippen LogP contribution in [0.3, 0.4) is 0 Å². The summed E-state index contributed by atoms with van der Waals surface area (Å²) in [7, 11) is -0.494. The molecule has 1 atom stereocenters. The van der Waals surface area contributed by atoms with Crippen LogP contribution in [-0.4, -0.2) is 63.3 Å². The molecule has 1 heterocycles. The molecule has 23 heavy (non-hydrogen) atoms. The second-order valence-electron chi connectivity index (χ2n) is 5.95. The number of rotatable bonds is 6. The molecular weight excluding hydrogens is 314 g/mol. The summed E-state index contributed by atoms with van der Waals surface area (Å²) in [6, 6.07) is 6.45. The average Bonchev–Trinajstić information content (AvgIpc) is 3.00. The fourth-order valence-electron chi connectivity index (χ4n) is 2.84. The zero-order valence-corrected chi connectivity index (χ0v) is 14.8. The maximum atomic E-state index is 12.2. The molecule has 6 nitrogen and oxygen atoms in total. The molecule has 0 bridgehead atoms. The van der Waals surface area contributed by atoms with Crippen LogP contribution in [0.2, 0.25) is 0 Å². The van der Waals surface area contributed by atoms with Crippen molar-refractivity contribution in [2.24, 2.45) is 0 Å². The van der Waals surface area contributed by atoms with Crippen LogP contribution in [0.15, 0.2) is 29.2 Å². The minimum absolute atomic E-state index is 0.165. The van der Waals surface area contributed by atoms with E-state index in [-0.39, 0.29) is 10.8 Å². The number of likely N-dealkylation sites (tertiary alicyclic amines) is 1.